The molecule has 1 aromatic rings. The second-order valence-corrected chi connectivity index (χ2v) is 4.28. The minimum absolute atomic E-state index is 0.142. The van der Waals surface area contributed by atoms with Crippen LogP contribution in [0.2, 0.25) is 0 Å². The Morgan fingerprint density at radius 2 is 2.24 bits per heavy atom. The molecule has 96 valence electrons. The van der Waals surface area contributed by atoms with E-state index in [0.29, 0.717) is 18.2 Å². The summed E-state index contributed by atoms with van der Waals surface area (Å²) in [5, 5.41) is 6.76. The Labute approximate surface area is 96.6 Å². The number of halogens is 3. The molecule has 0 bridgehead atoms. The first-order valence-electron chi connectivity index (χ1n) is 5.62. The molecule has 0 aromatic carbocycles. The van der Waals surface area contributed by atoms with Crippen LogP contribution in [0.15, 0.2) is 4.52 Å². The smallest absolute Gasteiger partial charge is 0.339 e. The predicted molar refractivity (Wildman–Crippen MR) is 53.4 cm³/mol. The molecular weight excluding hydrogens is 235 g/mol. The summed E-state index contributed by atoms with van der Waals surface area (Å²) in [6, 6.07) is 0. The van der Waals surface area contributed by atoms with E-state index < -0.39 is 12.6 Å². The van der Waals surface area contributed by atoms with Crippen molar-refractivity contribution in [2.45, 2.75) is 31.9 Å². The highest BCUT2D eigenvalue weighted by molar-refractivity contribution is 4.90. The van der Waals surface area contributed by atoms with Gasteiger partial charge in [-0.2, -0.15) is 18.2 Å². The van der Waals surface area contributed by atoms with Gasteiger partial charge < -0.3 is 9.84 Å². The van der Waals surface area contributed by atoms with Crippen LogP contribution in [-0.4, -0.2) is 29.4 Å². The van der Waals surface area contributed by atoms with E-state index in [4.69, 9.17) is 4.52 Å². The summed E-state index contributed by atoms with van der Waals surface area (Å²) < 4.78 is 40.9. The van der Waals surface area contributed by atoms with Crippen LogP contribution in [0.25, 0.3) is 0 Å². The average molecular weight is 249 g/mol. The van der Waals surface area contributed by atoms with Gasteiger partial charge >= 0.3 is 6.18 Å². The van der Waals surface area contributed by atoms with E-state index >= 15 is 0 Å². The molecule has 17 heavy (non-hydrogen) atoms. The lowest BCUT2D eigenvalue weighted by molar-refractivity contribution is -0.134. The highest BCUT2D eigenvalue weighted by Crippen LogP contribution is 2.21. The number of alkyl halides is 3. The third-order valence-corrected chi connectivity index (χ3v) is 2.77. The fraction of sp³-hybridized carbons (Fsp3) is 0.800. The van der Waals surface area contributed by atoms with Crippen molar-refractivity contribution in [3.05, 3.63) is 11.7 Å². The van der Waals surface area contributed by atoms with Gasteiger partial charge in [-0.05, 0) is 25.4 Å². The maximum atomic E-state index is 12.0. The second kappa shape index (κ2) is 5.03. The van der Waals surface area contributed by atoms with Crippen LogP contribution in [0.1, 0.15) is 24.6 Å². The maximum absolute atomic E-state index is 12.0. The first kappa shape index (κ1) is 12.3. The molecule has 2 heterocycles. The summed E-state index contributed by atoms with van der Waals surface area (Å²) in [7, 11) is 0. The van der Waals surface area contributed by atoms with Crippen molar-refractivity contribution in [3.8, 4) is 0 Å². The Hall–Kier alpha value is -1.11. The van der Waals surface area contributed by atoms with Gasteiger partial charge in [0.2, 0.25) is 5.89 Å². The van der Waals surface area contributed by atoms with E-state index in [1.54, 1.807) is 0 Å². The standard InChI is InChI=1S/C10H14F3N3O/c11-10(12,13)3-1-8-15-9(17-16-8)5-7-2-4-14-6-7/h7,14H,1-6H2. The molecule has 1 saturated heterocycles. The van der Waals surface area contributed by atoms with E-state index in [2.05, 4.69) is 15.5 Å². The first-order chi connectivity index (χ1) is 8.03. The lowest BCUT2D eigenvalue weighted by Gasteiger charge is -2.02. The van der Waals surface area contributed by atoms with Crippen LogP contribution in [0, 0.1) is 5.92 Å². The van der Waals surface area contributed by atoms with Gasteiger partial charge in [-0.3, -0.25) is 0 Å². The van der Waals surface area contributed by atoms with E-state index in [0.717, 1.165) is 19.5 Å². The van der Waals surface area contributed by atoms with Gasteiger partial charge in [0, 0.05) is 12.8 Å². The summed E-state index contributed by atoms with van der Waals surface area (Å²) in [6.07, 6.45) is -3.60. The number of rotatable bonds is 4. The number of nitrogens with zero attached hydrogens (tertiary/aromatic N) is 2. The summed E-state index contributed by atoms with van der Waals surface area (Å²) in [4.78, 5) is 3.97. The highest BCUT2D eigenvalue weighted by atomic mass is 19.4. The monoisotopic (exact) mass is 249 g/mol. The Bertz CT molecular complexity index is 358. The fourth-order valence-corrected chi connectivity index (χ4v) is 1.86. The predicted octanol–water partition coefficient (Wildman–Crippen LogP) is 1.72. The number of nitrogens with one attached hydrogen (secondary N) is 1. The molecule has 1 N–H and O–H groups in total. The summed E-state index contributed by atoms with van der Waals surface area (Å²) in [6.45, 7) is 1.87. The molecule has 1 aromatic heterocycles. The Morgan fingerprint density at radius 1 is 1.41 bits per heavy atom. The average Bonchev–Trinajstić information content (AvgIpc) is 2.86. The van der Waals surface area contributed by atoms with Crippen LogP contribution in [0.5, 0.6) is 0 Å². The van der Waals surface area contributed by atoms with Crippen LogP contribution in [-0.2, 0) is 12.8 Å². The van der Waals surface area contributed by atoms with Crippen molar-refractivity contribution < 1.29 is 17.7 Å². The molecule has 4 nitrogen and oxygen atoms in total. The Kier molecular flexibility index (Phi) is 3.66. The quantitative estimate of drug-likeness (QED) is 0.882. The van der Waals surface area contributed by atoms with Crippen molar-refractivity contribution in [3.63, 3.8) is 0 Å². The molecule has 0 spiro atoms. The zero-order valence-corrected chi connectivity index (χ0v) is 9.26. The molecule has 1 atom stereocenters. The minimum Gasteiger partial charge on any atom is -0.339 e. The largest absolute Gasteiger partial charge is 0.389 e. The molecule has 0 aliphatic carbocycles. The van der Waals surface area contributed by atoms with Crippen LogP contribution < -0.4 is 5.32 Å². The van der Waals surface area contributed by atoms with E-state index in [1.165, 1.54) is 0 Å². The molecular formula is C10H14F3N3O. The first-order valence-corrected chi connectivity index (χ1v) is 5.62. The van der Waals surface area contributed by atoms with Crippen molar-refractivity contribution >= 4 is 0 Å². The molecule has 2 rings (SSSR count). The third kappa shape index (κ3) is 3.99. The minimum atomic E-state index is -4.17. The zero-order chi connectivity index (χ0) is 12.3. The molecule has 0 saturated carbocycles. The molecule has 1 aliphatic rings. The van der Waals surface area contributed by atoms with Gasteiger partial charge in [0.05, 0.1) is 6.42 Å². The van der Waals surface area contributed by atoms with Gasteiger partial charge in [-0.15, -0.1) is 0 Å². The van der Waals surface area contributed by atoms with Crippen LogP contribution in [0.4, 0.5) is 13.2 Å². The lowest BCUT2D eigenvalue weighted by Crippen LogP contribution is -2.11. The van der Waals surface area contributed by atoms with Crippen LogP contribution in [0.3, 0.4) is 0 Å². The van der Waals surface area contributed by atoms with E-state index in [9.17, 15) is 13.2 Å². The fourth-order valence-electron chi connectivity index (χ4n) is 1.86. The maximum Gasteiger partial charge on any atom is 0.389 e. The molecule has 7 heteroatoms. The van der Waals surface area contributed by atoms with E-state index in [-0.39, 0.29) is 12.2 Å². The van der Waals surface area contributed by atoms with Crippen molar-refractivity contribution in [1.29, 1.82) is 0 Å². The SMILES string of the molecule is FC(F)(F)CCc1noc(CC2CCNC2)n1. The van der Waals surface area contributed by atoms with Crippen molar-refractivity contribution in [1.82, 2.24) is 15.5 Å². The normalized spacial score (nSPS) is 21.0. The van der Waals surface area contributed by atoms with Gasteiger partial charge in [-0.25, -0.2) is 0 Å². The van der Waals surface area contributed by atoms with Crippen molar-refractivity contribution in [2.75, 3.05) is 13.1 Å². The summed E-state index contributed by atoms with van der Waals surface area (Å²) in [5.41, 5.74) is 0. The van der Waals surface area contributed by atoms with Gasteiger partial charge in [-0.1, -0.05) is 5.16 Å². The number of aromatic nitrogens is 2. The lowest BCUT2D eigenvalue weighted by atomic mass is 10.1. The molecule has 0 radical (unpaired) electrons. The Morgan fingerprint density at radius 3 is 2.88 bits per heavy atom. The molecule has 1 fully saturated rings. The van der Waals surface area contributed by atoms with Gasteiger partial charge in [0.25, 0.3) is 0 Å². The number of aryl methyl sites for hydroxylation is 1. The topological polar surface area (TPSA) is 51.0 Å². The number of hydrogen-bond acceptors (Lipinski definition) is 4. The second-order valence-electron chi connectivity index (χ2n) is 4.28. The van der Waals surface area contributed by atoms with E-state index in [1.807, 2.05) is 0 Å². The molecule has 0 amide bonds. The van der Waals surface area contributed by atoms with Gasteiger partial charge in [0.15, 0.2) is 5.82 Å². The third-order valence-electron chi connectivity index (χ3n) is 2.77. The van der Waals surface area contributed by atoms with Crippen LogP contribution >= 0.6 is 0 Å². The summed E-state index contributed by atoms with van der Waals surface area (Å²) in [5.74, 6) is 1.03. The zero-order valence-electron chi connectivity index (χ0n) is 9.26. The highest BCUT2D eigenvalue weighted by Gasteiger charge is 2.27. The molecule has 1 unspecified atom stereocenters. The Balaban J connectivity index is 1.83. The van der Waals surface area contributed by atoms with Gasteiger partial charge in [0.1, 0.15) is 0 Å². The van der Waals surface area contributed by atoms with Crippen molar-refractivity contribution in [2.24, 2.45) is 5.92 Å². The molecule has 1 aliphatic heterocycles. The summed E-state index contributed by atoms with van der Waals surface area (Å²) >= 11 is 0. The number of hydrogen-bond donors (Lipinski definition) is 1.